The monoisotopic (exact) mass is 452 g/mol. The largest absolute Gasteiger partial charge is 0.438 e. The molecular weight excluding hydrogens is 429 g/mol. The van der Waals surface area contributed by atoms with E-state index in [2.05, 4.69) is 28.4 Å². The molecule has 168 valence electrons. The van der Waals surface area contributed by atoms with Gasteiger partial charge in [0, 0.05) is 28.8 Å². The van der Waals surface area contributed by atoms with Crippen LogP contribution in [0, 0.1) is 11.7 Å². The SMILES string of the molecule is C[C@H]1CC(/C=[N+]2/C=C(c3ncnc4oc(-c5ccccc5)cc34)C(c3ccc(F)cc3)=N2)CN1. The van der Waals surface area contributed by atoms with Gasteiger partial charge >= 0.3 is 0 Å². The Hall–Kier alpha value is -3.97. The molecule has 4 aromatic rings. The van der Waals surface area contributed by atoms with Crippen LogP contribution in [-0.2, 0) is 0 Å². The molecule has 34 heavy (non-hydrogen) atoms. The molecule has 2 aliphatic rings. The Balaban J connectivity index is 1.47. The number of rotatable bonds is 4. The van der Waals surface area contributed by atoms with Crippen molar-refractivity contribution in [1.82, 2.24) is 15.3 Å². The van der Waals surface area contributed by atoms with Crippen LogP contribution in [0.2, 0.25) is 0 Å². The van der Waals surface area contributed by atoms with Gasteiger partial charge in [-0.15, -0.1) is 0 Å². The lowest BCUT2D eigenvalue weighted by Crippen LogP contribution is -2.17. The van der Waals surface area contributed by atoms with Crippen LogP contribution in [0.5, 0.6) is 0 Å². The molecule has 0 radical (unpaired) electrons. The summed E-state index contributed by atoms with van der Waals surface area (Å²) in [7, 11) is 0. The van der Waals surface area contributed by atoms with Crippen molar-refractivity contribution < 1.29 is 13.5 Å². The Morgan fingerprint density at radius 2 is 1.88 bits per heavy atom. The molecule has 1 saturated heterocycles. The van der Waals surface area contributed by atoms with Crippen LogP contribution >= 0.6 is 0 Å². The molecule has 1 N–H and O–H groups in total. The van der Waals surface area contributed by atoms with Gasteiger partial charge in [-0.25, -0.2) is 14.4 Å². The first-order valence-corrected chi connectivity index (χ1v) is 11.4. The molecule has 0 spiro atoms. The lowest BCUT2D eigenvalue weighted by atomic mass is 9.99. The van der Waals surface area contributed by atoms with Crippen LogP contribution in [0.15, 0.2) is 82.7 Å². The minimum atomic E-state index is -0.283. The van der Waals surface area contributed by atoms with Gasteiger partial charge in [-0.2, -0.15) is 0 Å². The maximum atomic E-state index is 13.6. The van der Waals surface area contributed by atoms with E-state index in [0.717, 1.165) is 52.2 Å². The van der Waals surface area contributed by atoms with Crippen LogP contribution in [0.25, 0.3) is 28.0 Å². The number of nitrogens with one attached hydrogen (secondary N) is 1. The second-order valence-electron chi connectivity index (χ2n) is 8.75. The van der Waals surface area contributed by atoms with E-state index >= 15 is 0 Å². The molecule has 0 aliphatic carbocycles. The number of fused-ring (bicyclic) bond motifs is 1. The second-order valence-corrected chi connectivity index (χ2v) is 8.75. The van der Waals surface area contributed by atoms with Crippen molar-refractivity contribution in [3.05, 3.63) is 90.3 Å². The Morgan fingerprint density at radius 3 is 2.65 bits per heavy atom. The van der Waals surface area contributed by atoms with E-state index in [0.29, 0.717) is 17.7 Å². The fourth-order valence-electron chi connectivity index (χ4n) is 4.58. The topological polar surface area (TPSA) is 66.3 Å². The minimum absolute atomic E-state index is 0.283. The van der Waals surface area contributed by atoms with Crippen molar-refractivity contribution in [2.45, 2.75) is 19.4 Å². The van der Waals surface area contributed by atoms with Gasteiger partial charge in [0.15, 0.2) is 11.9 Å². The van der Waals surface area contributed by atoms with Crippen LogP contribution in [0.4, 0.5) is 4.39 Å². The first-order chi connectivity index (χ1) is 16.6. The molecule has 1 fully saturated rings. The summed E-state index contributed by atoms with van der Waals surface area (Å²) in [5, 5.41) is 9.15. The van der Waals surface area contributed by atoms with Gasteiger partial charge in [-0.1, -0.05) is 35.0 Å². The number of allylic oxidation sites excluding steroid dienone is 1. The number of hydrogen-bond donors (Lipinski definition) is 1. The van der Waals surface area contributed by atoms with Crippen LogP contribution in [0.3, 0.4) is 0 Å². The molecule has 2 aromatic carbocycles. The van der Waals surface area contributed by atoms with Gasteiger partial charge in [0.1, 0.15) is 23.5 Å². The number of hydrogen-bond acceptors (Lipinski definition) is 5. The predicted molar refractivity (Wildman–Crippen MR) is 130 cm³/mol. The highest BCUT2D eigenvalue weighted by Gasteiger charge is 2.31. The van der Waals surface area contributed by atoms with Gasteiger partial charge < -0.3 is 9.73 Å². The zero-order valence-electron chi connectivity index (χ0n) is 18.6. The molecule has 6 nitrogen and oxygen atoms in total. The Morgan fingerprint density at radius 1 is 1.06 bits per heavy atom. The van der Waals surface area contributed by atoms with Crippen LogP contribution < -0.4 is 5.32 Å². The van der Waals surface area contributed by atoms with Crippen molar-refractivity contribution in [3.63, 3.8) is 0 Å². The zero-order valence-corrected chi connectivity index (χ0v) is 18.6. The van der Waals surface area contributed by atoms with E-state index in [4.69, 9.17) is 9.52 Å². The highest BCUT2D eigenvalue weighted by Crippen LogP contribution is 2.33. The molecule has 2 atom stereocenters. The molecular formula is C27H23FN5O+. The molecule has 2 aliphatic heterocycles. The van der Waals surface area contributed by atoms with E-state index in [-0.39, 0.29) is 5.82 Å². The Labute approximate surface area is 196 Å². The number of halogens is 1. The van der Waals surface area contributed by atoms with Crippen molar-refractivity contribution in [2.75, 3.05) is 6.54 Å². The Kier molecular flexibility index (Phi) is 5.11. The van der Waals surface area contributed by atoms with E-state index in [1.54, 1.807) is 12.1 Å². The smallest absolute Gasteiger partial charge is 0.230 e. The third-order valence-electron chi connectivity index (χ3n) is 6.24. The van der Waals surface area contributed by atoms with E-state index in [1.165, 1.54) is 18.5 Å². The lowest BCUT2D eigenvalue weighted by molar-refractivity contribution is -0.454. The molecule has 0 amide bonds. The minimum Gasteiger partial charge on any atom is -0.438 e. The average Bonchev–Trinajstić information content (AvgIpc) is 3.58. The normalized spacial score (nSPS) is 21.3. The van der Waals surface area contributed by atoms with E-state index < -0.39 is 0 Å². The van der Waals surface area contributed by atoms with Gasteiger partial charge in [0.25, 0.3) is 0 Å². The number of benzene rings is 2. The molecule has 1 unspecified atom stereocenters. The standard InChI is InChI=1S/C27H23FN5O/c1-17-11-18(13-29-17)14-33-15-23(25(32-33)20-7-9-21(28)10-8-20)26-22-12-24(19-5-3-2-4-6-19)34-27(22)31-16-30-26/h2-10,12,14-18,29H,11,13H2,1H3/q+1/b33-14-/t17-,18?/m0/s1. The lowest BCUT2D eigenvalue weighted by Gasteiger charge is -2.03. The molecule has 6 rings (SSSR count). The molecule has 0 saturated carbocycles. The first kappa shape index (κ1) is 20.6. The van der Waals surface area contributed by atoms with Gasteiger partial charge in [0.05, 0.1) is 17.0 Å². The quantitative estimate of drug-likeness (QED) is 0.449. The predicted octanol–water partition coefficient (Wildman–Crippen LogP) is 4.87. The fraction of sp³-hybridized carbons (Fsp3) is 0.185. The summed E-state index contributed by atoms with van der Waals surface area (Å²) in [6.07, 6.45) is 6.68. The highest BCUT2D eigenvalue weighted by atomic mass is 19.1. The van der Waals surface area contributed by atoms with Crippen LogP contribution in [0.1, 0.15) is 24.6 Å². The molecule has 7 heteroatoms. The number of nitrogens with zero attached hydrogens (tertiary/aromatic N) is 4. The third-order valence-corrected chi connectivity index (χ3v) is 6.24. The highest BCUT2D eigenvalue weighted by molar-refractivity contribution is 6.33. The maximum Gasteiger partial charge on any atom is 0.230 e. The molecule has 0 bridgehead atoms. The summed E-state index contributed by atoms with van der Waals surface area (Å²) in [6, 6.07) is 18.8. The summed E-state index contributed by atoms with van der Waals surface area (Å²) >= 11 is 0. The van der Waals surface area contributed by atoms with Crippen LogP contribution in [-0.4, -0.2) is 39.2 Å². The Bertz CT molecular complexity index is 1450. The number of hydrazone groups is 1. The summed E-state index contributed by atoms with van der Waals surface area (Å²) in [5.74, 6) is 0.826. The summed E-state index contributed by atoms with van der Waals surface area (Å²) in [6.45, 7) is 3.11. The second kappa shape index (κ2) is 8.43. The zero-order chi connectivity index (χ0) is 23.1. The van der Waals surface area contributed by atoms with Crippen molar-refractivity contribution in [3.8, 4) is 11.3 Å². The van der Waals surface area contributed by atoms with E-state index in [9.17, 15) is 4.39 Å². The summed E-state index contributed by atoms with van der Waals surface area (Å²) < 4.78 is 21.6. The first-order valence-electron chi connectivity index (χ1n) is 11.4. The van der Waals surface area contributed by atoms with Gasteiger partial charge in [-0.3, -0.25) is 0 Å². The summed E-state index contributed by atoms with van der Waals surface area (Å²) in [5.41, 5.74) is 4.61. The van der Waals surface area contributed by atoms with Crippen molar-refractivity contribution >= 4 is 28.6 Å². The van der Waals surface area contributed by atoms with E-state index in [1.807, 2.05) is 47.3 Å². The summed E-state index contributed by atoms with van der Waals surface area (Å²) in [4.78, 5) is 8.98. The van der Waals surface area contributed by atoms with Gasteiger partial charge in [0.2, 0.25) is 11.9 Å². The average molecular weight is 453 g/mol. The number of aromatic nitrogens is 2. The molecule has 4 heterocycles. The van der Waals surface area contributed by atoms with Crippen molar-refractivity contribution in [2.24, 2.45) is 11.0 Å². The third kappa shape index (κ3) is 3.84. The number of furan rings is 1. The maximum absolute atomic E-state index is 13.6. The van der Waals surface area contributed by atoms with Crippen molar-refractivity contribution in [1.29, 1.82) is 0 Å². The van der Waals surface area contributed by atoms with Gasteiger partial charge in [-0.05, 0) is 43.7 Å². The molecule has 2 aromatic heterocycles. The fourth-order valence-corrected chi connectivity index (χ4v) is 4.58.